The van der Waals surface area contributed by atoms with E-state index in [1.54, 1.807) is 37.5 Å². The largest absolute Gasteiger partial charge is 0.434 e. The highest BCUT2D eigenvalue weighted by atomic mass is 127. The third-order valence-corrected chi connectivity index (χ3v) is 3.46. The zero-order valence-corrected chi connectivity index (χ0v) is 17.7. The number of aliphatic imine (C=N–C) groups is 1. The van der Waals surface area contributed by atoms with Gasteiger partial charge in [0.05, 0.1) is 18.4 Å². The second-order valence-corrected chi connectivity index (χ2v) is 5.56. The molecule has 0 spiro atoms. The fraction of sp³-hybridized carbons (Fsp3) is 0.278. The molecule has 28 heavy (non-hydrogen) atoms. The number of anilines is 1. The van der Waals surface area contributed by atoms with Gasteiger partial charge in [0.2, 0.25) is 5.91 Å². The van der Waals surface area contributed by atoms with Crippen LogP contribution in [0.3, 0.4) is 0 Å². The SMILES string of the molecule is CN=C(NCC(=O)Nc1cccnc1)NCc1cc(C)ccc1OC(F)F.I. The van der Waals surface area contributed by atoms with Crippen LogP contribution in [0.1, 0.15) is 11.1 Å². The number of carbonyl (C=O) groups excluding carboxylic acids is 1. The summed E-state index contributed by atoms with van der Waals surface area (Å²) < 4.78 is 29.6. The van der Waals surface area contributed by atoms with Crippen molar-refractivity contribution in [2.45, 2.75) is 20.1 Å². The summed E-state index contributed by atoms with van der Waals surface area (Å²) in [4.78, 5) is 19.9. The summed E-state index contributed by atoms with van der Waals surface area (Å²) in [5, 5.41) is 8.50. The molecule has 0 bridgehead atoms. The number of aromatic nitrogens is 1. The summed E-state index contributed by atoms with van der Waals surface area (Å²) in [5.41, 5.74) is 2.05. The Labute approximate surface area is 179 Å². The molecule has 1 amide bonds. The van der Waals surface area contributed by atoms with Crippen molar-refractivity contribution in [3.63, 3.8) is 0 Å². The van der Waals surface area contributed by atoms with E-state index < -0.39 is 6.61 Å². The van der Waals surface area contributed by atoms with Crippen molar-refractivity contribution in [2.75, 3.05) is 18.9 Å². The van der Waals surface area contributed by atoms with Gasteiger partial charge in [0.25, 0.3) is 0 Å². The zero-order valence-electron chi connectivity index (χ0n) is 15.4. The Hall–Kier alpha value is -2.50. The molecule has 1 aromatic carbocycles. The predicted octanol–water partition coefficient (Wildman–Crippen LogP) is 2.91. The minimum Gasteiger partial charge on any atom is -0.434 e. The molecule has 0 fully saturated rings. The van der Waals surface area contributed by atoms with Crippen LogP contribution < -0.4 is 20.7 Å². The lowest BCUT2D eigenvalue weighted by Gasteiger charge is -2.15. The standard InChI is InChI=1S/C18H21F2N5O2.HI/c1-12-5-6-15(27-17(19)20)13(8-12)9-23-18(21-2)24-11-16(26)25-14-4-3-7-22-10-14;/h3-8,10,17H,9,11H2,1-2H3,(H,25,26)(H2,21,23,24);1H. The van der Waals surface area contributed by atoms with Crippen LogP contribution in [0, 0.1) is 6.92 Å². The first-order valence-corrected chi connectivity index (χ1v) is 8.16. The van der Waals surface area contributed by atoms with E-state index in [-0.39, 0.29) is 48.7 Å². The summed E-state index contributed by atoms with van der Waals surface area (Å²) in [6.07, 6.45) is 3.14. The Bertz CT molecular complexity index is 791. The van der Waals surface area contributed by atoms with Gasteiger partial charge in [-0.05, 0) is 25.1 Å². The van der Waals surface area contributed by atoms with E-state index in [1.165, 1.54) is 12.3 Å². The van der Waals surface area contributed by atoms with E-state index in [2.05, 4.69) is 30.7 Å². The molecule has 0 saturated heterocycles. The molecule has 0 unspecified atom stereocenters. The quantitative estimate of drug-likeness (QED) is 0.306. The van der Waals surface area contributed by atoms with Crippen LogP contribution in [-0.4, -0.2) is 37.1 Å². The lowest BCUT2D eigenvalue weighted by atomic mass is 10.1. The summed E-state index contributed by atoms with van der Waals surface area (Å²) in [5.74, 6) is 0.164. The summed E-state index contributed by atoms with van der Waals surface area (Å²) in [6.45, 7) is -0.873. The fourth-order valence-corrected chi connectivity index (χ4v) is 2.26. The number of aryl methyl sites for hydroxylation is 1. The van der Waals surface area contributed by atoms with Gasteiger partial charge >= 0.3 is 6.61 Å². The average molecular weight is 505 g/mol. The van der Waals surface area contributed by atoms with Crippen molar-refractivity contribution in [2.24, 2.45) is 4.99 Å². The number of guanidine groups is 1. The number of hydrogen-bond donors (Lipinski definition) is 3. The maximum atomic E-state index is 12.5. The van der Waals surface area contributed by atoms with Crippen LogP contribution in [-0.2, 0) is 11.3 Å². The molecule has 0 atom stereocenters. The van der Waals surface area contributed by atoms with Gasteiger partial charge in [0.15, 0.2) is 5.96 Å². The Morgan fingerprint density at radius 2 is 2.07 bits per heavy atom. The van der Waals surface area contributed by atoms with Gasteiger partial charge in [0.1, 0.15) is 5.75 Å². The number of rotatable bonds is 7. The average Bonchev–Trinajstić information content (AvgIpc) is 2.64. The molecule has 3 N–H and O–H groups in total. The van der Waals surface area contributed by atoms with Crippen molar-refractivity contribution >= 4 is 41.5 Å². The molecule has 1 heterocycles. The first-order valence-electron chi connectivity index (χ1n) is 8.16. The molecule has 152 valence electrons. The van der Waals surface area contributed by atoms with Gasteiger partial charge in [-0.1, -0.05) is 17.7 Å². The van der Waals surface area contributed by atoms with Crippen LogP contribution in [0.25, 0.3) is 0 Å². The van der Waals surface area contributed by atoms with Gasteiger partial charge in [-0.15, -0.1) is 24.0 Å². The number of amides is 1. The van der Waals surface area contributed by atoms with Crippen molar-refractivity contribution in [3.8, 4) is 5.75 Å². The molecule has 0 aliphatic carbocycles. The minimum atomic E-state index is -2.90. The first kappa shape index (κ1) is 23.5. The number of carbonyl (C=O) groups is 1. The molecule has 0 saturated carbocycles. The predicted molar refractivity (Wildman–Crippen MR) is 114 cm³/mol. The lowest BCUT2D eigenvalue weighted by molar-refractivity contribution is -0.115. The van der Waals surface area contributed by atoms with Crippen molar-refractivity contribution in [1.82, 2.24) is 15.6 Å². The Morgan fingerprint density at radius 1 is 1.29 bits per heavy atom. The highest BCUT2D eigenvalue weighted by molar-refractivity contribution is 14.0. The molecular formula is C18H22F2IN5O2. The van der Waals surface area contributed by atoms with Crippen molar-refractivity contribution in [1.29, 1.82) is 0 Å². The van der Waals surface area contributed by atoms with Crippen LogP contribution >= 0.6 is 24.0 Å². The summed E-state index contributed by atoms with van der Waals surface area (Å²) >= 11 is 0. The Morgan fingerprint density at radius 3 is 2.71 bits per heavy atom. The highest BCUT2D eigenvalue weighted by Gasteiger charge is 2.11. The Balaban J connectivity index is 0.00000392. The molecule has 7 nitrogen and oxygen atoms in total. The van der Waals surface area contributed by atoms with E-state index in [0.717, 1.165) is 5.56 Å². The van der Waals surface area contributed by atoms with Crippen molar-refractivity contribution < 1.29 is 18.3 Å². The van der Waals surface area contributed by atoms with E-state index >= 15 is 0 Å². The Kier molecular flexibility index (Phi) is 10.1. The van der Waals surface area contributed by atoms with Crippen LogP contribution in [0.15, 0.2) is 47.7 Å². The molecule has 0 radical (unpaired) electrons. The third-order valence-electron chi connectivity index (χ3n) is 3.46. The number of alkyl halides is 2. The molecule has 1 aromatic heterocycles. The minimum absolute atomic E-state index is 0. The molecule has 2 rings (SSSR count). The van der Waals surface area contributed by atoms with Gasteiger partial charge in [-0.25, -0.2) is 0 Å². The van der Waals surface area contributed by atoms with E-state index in [4.69, 9.17) is 0 Å². The second kappa shape index (κ2) is 12.1. The molecular weight excluding hydrogens is 483 g/mol. The second-order valence-electron chi connectivity index (χ2n) is 5.56. The van der Waals surface area contributed by atoms with Crippen molar-refractivity contribution in [3.05, 3.63) is 53.9 Å². The number of nitrogens with zero attached hydrogens (tertiary/aromatic N) is 2. The van der Waals surface area contributed by atoms with E-state index in [0.29, 0.717) is 17.2 Å². The molecule has 0 aliphatic rings. The lowest BCUT2D eigenvalue weighted by Crippen LogP contribution is -2.41. The smallest absolute Gasteiger partial charge is 0.387 e. The van der Waals surface area contributed by atoms with Crippen LogP contribution in [0.5, 0.6) is 5.75 Å². The number of benzene rings is 1. The van der Waals surface area contributed by atoms with Crippen LogP contribution in [0.2, 0.25) is 0 Å². The van der Waals surface area contributed by atoms with Gasteiger partial charge in [-0.2, -0.15) is 8.78 Å². The topological polar surface area (TPSA) is 87.6 Å². The number of ether oxygens (including phenoxy) is 1. The fourth-order valence-electron chi connectivity index (χ4n) is 2.26. The third kappa shape index (κ3) is 8.03. The van der Waals surface area contributed by atoms with Gasteiger partial charge < -0.3 is 20.7 Å². The molecule has 2 aromatic rings. The summed E-state index contributed by atoms with van der Waals surface area (Å²) in [6, 6.07) is 8.37. The van der Waals surface area contributed by atoms with Gasteiger partial charge in [-0.3, -0.25) is 14.8 Å². The van der Waals surface area contributed by atoms with Gasteiger partial charge in [0, 0.05) is 25.4 Å². The van der Waals surface area contributed by atoms with E-state index in [9.17, 15) is 13.6 Å². The first-order chi connectivity index (χ1) is 13.0. The molecule has 10 heteroatoms. The monoisotopic (exact) mass is 505 g/mol. The zero-order chi connectivity index (χ0) is 19.6. The summed E-state index contributed by atoms with van der Waals surface area (Å²) in [7, 11) is 1.54. The highest BCUT2D eigenvalue weighted by Crippen LogP contribution is 2.21. The van der Waals surface area contributed by atoms with E-state index in [1.807, 2.05) is 6.92 Å². The molecule has 0 aliphatic heterocycles. The number of halogens is 3. The number of nitrogens with one attached hydrogen (secondary N) is 3. The number of hydrogen-bond acceptors (Lipinski definition) is 4. The normalized spacial score (nSPS) is 10.8. The van der Waals surface area contributed by atoms with Crippen LogP contribution in [0.4, 0.5) is 14.5 Å². The maximum Gasteiger partial charge on any atom is 0.387 e. The maximum absolute atomic E-state index is 12.5. The number of pyridine rings is 1.